The Morgan fingerprint density at radius 2 is 2.20 bits per heavy atom. The number of rotatable bonds is 1. The molecule has 0 aromatic carbocycles. The minimum Gasteiger partial charge on any atom is -0.288 e. The number of aryl methyl sites for hydroxylation is 2. The summed E-state index contributed by atoms with van der Waals surface area (Å²) in [7, 11) is 1.90. The first kappa shape index (κ1) is 11.9. The minimum atomic E-state index is 0.101. The van der Waals surface area contributed by atoms with Gasteiger partial charge in [0.05, 0.1) is 22.7 Å². The van der Waals surface area contributed by atoms with Crippen molar-refractivity contribution in [1.82, 2.24) is 9.78 Å². The van der Waals surface area contributed by atoms with E-state index in [4.69, 9.17) is 0 Å². The third kappa shape index (κ3) is 3.14. The Labute approximate surface area is 94.2 Å². The van der Waals surface area contributed by atoms with Gasteiger partial charge in [0.15, 0.2) is 5.12 Å². The molecule has 4 heteroatoms. The standard InChI is InChI=1S/C11H14N2OS/c1-8-11(9(2)13(4)12-8)6-5-7-15-10(3)14/h7H2,1-4H3. The van der Waals surface area contributed by atoms with Gasteiger partial charge in [0, 0.05) is 14.0 Å². The summed E-state index contributed by atoms with van der Waals surface area (Å²) in [6.45, 7) is 5.48. The predicted octanol–water partition coefficient (Wildman–Crippen LogP) is 1.67. The van der Waals surface area contributed by atoms with Crippen LogP contribution in [0.1, 0.15) is 23.9 Å². The molecule has 0 aliphatic carbocycles. The summed E-state index contributed by atoms with van der Waals surface area (Å²) in [5.41, 5.74) is 2.98. The topological polar surface area (TPSA) is 34.9 Å². The lowest BCUT2D eigenvalue weighted by Crippen LogP contribution is -1.92. The number of aromatic nitrogens is 2. The van der Waals surface area contributed by atoms with Crippen molar-refractivity contribution in [2.24, 2.45) is 7.05 Å². The molecule has 15 heavy (non-hydrogen) atoms. The van der Waals surface area contributed by atoms with Crippen molar-refractivity contribution >= 4 is 16.9 Å². The highest BCUT2D eigenvalue weighted by Crippen LogP contribution is 2.09. The SMILES string of the molecule is CC(=O)SCC#Cc1c(C)nn(C)c1C. The average molecular weight is 222 g/mol. The molecular formula is C11H14N2OS. The maximum Gasteiger partial charge on any atom is 0.186 e. The second-order valence-electron chi connectivity index (χ2n) is 3.25. The van der Waals surface area contributed by atoms with Gasteiger partial charge in [-0.2, -0.15) is 5.10 Å². The largest absolute Gasteiger partial charge is 0.288 e. The first-order chi connectivity index (χ1) is 7.02. The van der Waals surface area contributed by atoms with Crippen LogP contribution in [0.2, 0.25) is 0 Å². The normalized spacial score (nSPS) is 9.60. The lowest BCUT2D eigenvalue weighted by Gasteiger charge is -1.91. The van der Waals surface area contributed by atoms with Gasteiger partial charge in [0.25, 0.3) is 0 Å². The van der Waals surface area contributed by atoms with Gasteiger partial charge < -0.3 is 0 Å². The van der Waals surface area contributed by atoms with E-state index in [9.17, 15) is 4.79 Å². The zero-order valence-electron chi connectivity index (χ0n) is 9.42. The van der Waals surface area contributed by atoms with Gasteiger partial charge in [-0.05, 0) is 13.8 Å². The summed E-state index contributed by atoms with van der Waals surface area (Å²) in [5.74, 6) is 6.56. The van der Waals surface area contributed by atoms with Crippen LogP contribution in [0, 0.1) is 25.7 Å². The molecule has 0 unspecified atom stereocenters. The molecule has 0 saturated heterocycles. The van der Waals surface area contributed by atoms with Crippen molar-refractivity contribution in [3.05, 3.63) is 17.0 Å². The fraction of sp³-hybridized carbons (Fsp3) is 0.455. The zero-order chi connectivity index (χ0) is 11.4. The molecule has 1 rings (SSSR count). The van der Waals surface area contributed by atoms with Crippen molar-refractivity contribution in [1.29, 1.82) is 0 Å². The highest BCUT2D eigenvalue weighted by atomic mass is 32.2. The van der Waals surface area contributed by atoms with Crippen LogP contribution < -0.4 is 0 Å². The van der Waals surface area contributed by atoms with E-state index in [1.807, 2.05) is 25.6 Å². The molecule has 80 valence electrons. The van der Waals surface area contributed by atoms with E-state index in [0.29, 0.717) is 5.75 Å². The van der Waals surface area contributed by atoms with Crippen LogP contribution in [-0.4, -0.2) is 20.6 Å². The molecule has 3 nitrogen and oxygen atoms in total. The van der Waals surface area contributed by atoms with Crippen molar-refractivity contribution in [2.75, 3.05) is 5.75 Å². The van der Waals surface area contributed by atoms with Crippen LogP contribution in [-0.2, 0) is 11.8 Å². The summed E-state index contributed by atoms with van der Waals surface area (Å²) in [6, 6.07) is 0. The van der Waals surface area contributed by atoms with E-state index in [1.54, 1.807) is 6.92 Å². The summed E-state index contributed by atoms with van der Waals surface area (Å²) >= 11 is 1.23. The number of carbonyl (C=O) groups excluding carboxylic acids is 1. The molecule has 0 radical (unpaired) electrons. The molecule has 0 spiro atoms. The Hall–Kier alpha value is -1.21. The molecule has 0 aliphatic rings. The molecule has 1 aromatic rings. The Bertz CT molecular complexity index is 437. The van der Waals surface area contributed by atoms with E-state index in [0.717, 1.165) is 17.0 Å². The van der Waals surface area contributed by atoms with Crippen LogP contribution in [0.15, 0.2) is 0 Å². The molecule has 0 amide bonds. The summed E-state index contributed by atoms with van der Waals surface area (Å²) in [5, 5.41) is 4.37. The van der Waals surface area contributed by atoms with E-state index in [2.05, 4.69) is 16.9 Å². The minimum absolute atomic E-state index is 0.101. The molecule has 0 atom stereocenters. The van der Waals surface area contributed by atoms with Crippen molar-refractivity contribution in [3.63, 3.8) is 0 Å². The Morgan fingerprint density at radius 3 is 2.67 bits per heavy atom. The van der Waals surface area contributed by atoms with E-state index in [-0.39, 0.29) is 5.12 Å². The first-order valence-electron chi connectivity index (χ1n) is 4.64. The van der Waals surface area contributed by atoms with E-state index < -0.39 is 0 Å². The maximum atomic E-state index is 10.7. The summed E-state index contributed by atoms with van der Waals surface area (Å²) in [4.78, 5) is 10.7. The Kier molecular flexibility index (Phi) is 3.98. The summed E-state index contributed by atoms with van der Waals surface area (Å²) < 4.78 is 1.82. The van der Waals surface area contributed by atoms with Gasteiger partial charge in [-0.25, -0.2) is 0 Å². The van der Waals surface area contributed by atoms with Crippen LogP contribution in [0.4, 0.5) is 0 Å². The zero-order valence-corrected chi connectivity index (χ0v) is 10.2. The van der Waals surface area contributed by atoms with Crippen LogP contribution in [0.3, 0.4) is 0 Å². The molecular weight excluding hydrogens is 208 g/mol. The van der Waals surface area contributed by atoms with Crippen molar-refractivity contribution in [2.45, 2.75) is 20.8 Å². The second-order valence-corrected chi connectivity index (χ2v) is 4.40. The maximum absolute atomic E-state index is 10.7. The monoisotopic (exact) mass is 222 g/mol. The molecule has 1 heterocycles. The van der Waals surface area contributed by atoms with Crippen molar-refractivity contribution < 1.29 is 4.79 Å². The quantitative estimate of drug-likeness (QED) is 0.678. The third-order valence-electron chi connectivity index (χ3n) is 2.07. The second kappa shape index (κ2) is 5.04. The number of carbonyl (C=O) groups is 1. The lowest BCUT2D eigenvalue weighted by molar-refractivity contribution is -0.109. The summed E-state index contributed by atoms with van der Waals surface area (Å²) in [6.07, 6.45) is 0. The molecule has 0 saturated carbocycles. The van der Waals surface area contributed by atoms with Gasteiger partial charge in [0.2, 0.25) is 0 Å². The lowest BCUT2D eigenvalue weighted by atomic mass is 10.2. The fourth-order valence-corrected chi connectivity index (χ4v) is 1.56. The smallest absolute Gasteiger partial charge is 0.186 e. The van der Waals surface area contributed by atoms with Gasteiger partial charge in [-0.1, -0.05) is 23.6 Å². The van der Waals surface area contributed by atoms with E-state index in [1.165, 1.54) is 11.8 Å². The molecule has 0 aliphatic heterocycles. The van der Waals surface area contributed by atoms with Crippen molar-refractivity contribution in [3.8, 4) is 11.8 Å². The number of hydrogen-bond donors (Lipinski definition) is 0. The predicted molar refractivity (Wildman–Crippen MR) is 62.7 cm³/mol. The molecule has 0 N–H and O–H groups in total. The molecule has 0 bridgehead atoms. The molecule has 1 aromatic heterocycles. The third-order valence-corrected chi connectivity index (χ3v) is 2.77. The van der Waals surface area contributed by atoms with E-state index >= 15 is 0 Å². The van der Waals surface area contributed by atoms with Crippen LogP contribution >= 0.6 is 11.8 Å². The van der Waals surface area contributed by atoms with Crippen LogP contribution in [0.5, 0.6) is 0 Å². The molecule has 0 fully saturated rings. The van der Waals surface area contributed by atoms with Gasteiger partial charge in [-0.3, -0.25) is 9.48 Å². The van der Waals surface area contributed by atoms with Gasteiger partial charge >= 0.3 is 0 Å². The van der Waals surface area contributed by atoms with Gasteiger partial charge in [-0.15, -0.1) is 0 Å². The average Bonchev–Trinajstić information content (AvgIpc) is 2.37. The van der Waals surface area contributed by atoms with Crippen LogP contribution in [0.25, 0.3) is 0 Å². The van der Waals surface area contributed by atoms with Gasteiger partial charge in [0.1, 0.15) is 0 Å². The number of thioether (sulfide) groups is 1. The Balaban J connectivity index is 2.75. The number of hydrogen-bond acceptors (Lipinski definition) is 3. The first-order valence-corrected chi connectivity index (χ1v) is 5.63. The highest BCUT2D eigenvalue weighted by Gasteiger charge is 2.05. The number of nitrogens with zero attached hydrogens (tertiary/aromatic N) is 2. The highest BCUT2D eigenvalue weighted by molar-refractivity contribution is 8.13. The fourth-order valence-electron chi connectivity index (χ4n) is 1.22. The Morgan fingerprint density at radius 1 is 1.53 bits per heavy atom.